The van der Waals surface area contributed by atoms with Gasteiger partial charge in [-0.3, -0.25) is 0 Å². The summed E-state index contributed by atoms with van der Waals surface area (Å²) in [6.07, 6.45) is 0.734. The zero-order chi connectivity index (χ0) is 14.7. The number of carbonyl (C=O) groups is 1. The van der Waals surface area contributed by atoms with Crippen LogP contribution in [0.15, 0.2) is 42.2 Å². The Labute approximate surface area is 119 Å². The lowest BCUT2D eigenvalue weighted by molar-refractivity contribution is -0.161. The first-order chi connectivity index (χ1) is 9.54. The van der Waals surface area contributed by atoms with Gasteiger partial charge in [-0.1, -0.05) is 44.2 Å². The highest BCUT2D eigenvalue weighted by molar-refractivity contribution is 5.86. The van der Waals surface area contributed by atoms with Crippen LogP contribution < -0.4 is 0 Å². The topological polar surface area (TPSA) is 55.8 Å². The normalized spacial score (nSPS) is 25.9. The van der Waals surface area contributed by atoms with E-state index in [9.17, 15) is 9.90 Å². The van der Waals surface area contributed by atoms with E-state index in [4.69, 9.17) is 4.74 Å². The molecule has 1 heterocycles. The highest BCUT2D eigenvalue weighted by atomic mass is 16.6. The van der Waals surface area contributed by atoms with Crippen LogP contribution in [-0.2, 0) is 14.3 Å². The van der Waals surface area contributed by atoms with Crippen molar-refractivity contribution in [1.82, 2.24) is 0 Å². The lowest BCUT2D eigenvalue weighted by Gasteiger charge is -2.36. The van der Waals surface area contributed by atoms with Crippen molar-refractivity contribution in [3.05, 3.63) is 47.7 Å². The van der Waals surface area contributed by atoms with Gasteiger partial charge in [-0.25, -0.2) is 4.79 Å². The predicted octanol–water partition coefficient (Wildman–Crippen LogP) is 2.45. The van der Waals surface area contributed by atoms with E-state index in [1.54, 1.807) is 6.08 Å². The minimum absolute atomic E-state index is 0.0748. The molecule has 0 aromatic heterocycles. The Morgan fingerprint density at radius 2 is 1.95 bits per heavy atom. The van der Waals surface area contributed by atoms with Gasteiger partial charge >= 0.3 is 5.97 Å². The quantitative estimate of drug-likeness (QED) is 0.862. The van der Waals surface area contributed by atoms with Gasteiger partial charge in [0.2, 0.25) is 12.0 Å². The van der Waals surface area contributed by atoms with Crippen molar-refractivity contribution in [2.24, 2.45) is 11.8 Å². The Bertz CT molecular complexity index is 492. The minimum Gasteiger partial charge on any atom is -0.463 e. The highest BCUT2D eigenvalue weighted by Gasteiger charge is 2.38. The molecule has 20 heavy (non-hydrogen) atoms. The molecular weight excluding hydrogens is 256 g/mol. The second-order valence-electron chi connectivity index (χ2n) is 5.29. The van der Waals surface area contributed by atoms with Gasteiger partial charge in [0.1, 0.15) is 0 Å². The molecule has 0 saturated carbocycles. The molecule has 1 unspecified atom stereocenters. The fraction of sp³-hybridized carbons (Fsp3) is 0.438. The van der Waals surface area contributed by atoms with E-state index < -0.39 is 12.3 Å². The SMILES string of the molecule is COC(=O)C1=C[C@H](c2ccccc2)[C@@H](C(C)C)C(O)O1. The summed E-state index contributed by atoms with van der Waals surface area (Å²) in [6.45, 7) is 4.06. The number of carbonyl (C=O) groups excluding carboxylic acids is 1. The number of esters is 1. The molecule has 0 fully saturated rings. The first-order valence-corrected chi connectivity index (χ1v) is 6.74. The van der Waals surface area contributed by atoms with Crippen LogP contribution in [-0.4, -0.2) is 24.5 Å². The summed E-state index contributed by atoms with van der Waals surface area (Å²) in [5.41, 5.74) is 1.05. The van der Waals surface area contributed by atoms with Gasteiger partial charge in [-0.2, -0.15) is 0 Å². The predicted molar refractivity (Wildman–Crippen MR) is 74.7 cm³/mol. The zero-order valence-corrected chi connectivity index (χ0v) is 11.9. The summed E-state index contributed by atoms with van der Waals surface area (Å²) in [5, 5.41) is 10.2. The maximum absolute atomic E-state index is 11.6. The van der Waals surface area contributed by atoms with Crippen LogP contribution >= 0.6 is 0 Å². The zero-order valence-electron chi connectivity index (χ0n) is 11.9. The Morgan fingerprint density at radius 3 is 2.50 bits per heavy atom. The molecule has 0 amide bonds. The van der Waals surface area contributed by atoms with Crippen molar-refractivity contribution < 1.29 is 19.4 Å². The molecule has 2 rings (SSSR count). The number of ether oxygens (including phenoxy) is 2. The van der Waals surface area contributed by atoms with Crippen molar-refractivity contribution in [1.29, 1.82) is 0 Å². The Kier molecular flexibility index (Phi) is 4.45. The molecule has 3 atom stereocenters. The van der Waals surface area contributed by atoms with E-state index in [-0.39, 0.29) is 23.5 Å². The van der Waals surface area contributed by atoms with Gasteiger partial charge in [-0.15, -0.1) is 0 Å². The van der Waals surface area contributed by atoms with Gasteiger partial charge < -0.3 is 14.6 Å². The molecule has 1 aliphatic heterocycles. The van der Waals surface area contributed by atoms with E-state index in [0.717, 1.165) is 5.56 Å². The third-order valence-corrected chi connectivity index (χ3v) is 3.66. The number of aliphatic hydroxyl groups excluding tert-OH is 1. The second-order valence-corrected chi connectivity index (χ2v) is 5.29. The number of allylic oxidation sites excluding steroid dienone is 1. The number of benzene rings is 1. The molecule has 108 valence electrons. The number of rotatable bonds is 3. The van der Waals surface area contributed by atoms with E-state index in [0.29, 0.717) is 0 Å². The molecule has 4 nitrogen and oxygen atoms in total. The molecule has 0 spiro atoms. The maximum Gasteiger partial charge on any atom is 0.373 e. The fourth-order valence-corrected chi connectivity index (χ4v) is 2.65. The number of methoxy groups -OCH3 is 1. The Hall–Kier alpha value is -1.81. The maximum atomic E-state index is 11.6. The molecule has 0 radical (unpaired) electrons. The minimum atomic E-state index is -1.01. The van der Waals surface area contributed by atoms with E-state index in [1.165, 1.54) is 7.11 Å². The lowest BCUT2D eigenvalue weighted by Crippen LogP contribution is -2.37. The number of hydrogen-bond acceptors (Lipinski definition) is 4. The van der Waals surface area contributed by atoms with E-state index in [2.05, 4.69) is 4.74 Å². The largest absolute Gasteiger partial charge is 0.463 e. The summed E-state index contributed by atoms with van der Waals surface area (Å²) < 4.78 is 9.98. The smallest absolute Gasteiger partial charge is 0.373 e. The van der Waals surface area contributed by atoms with Crippen molar-refractivity contribution in [3.63, 3.8) is 0 Å². The first-order valence-electron chi connectivity index (χ1n) is 6.74. The van der Waals surface area contributed by atoms with Crippen LogP contribution in [0.25, 0.3) is 0 Å². The van der Waals surface area contributed by atoms with E-state index in [1.807, 2.05) is 44.2 Å². The molecule has 0 bridgehead atoms. The molecule has 1 N–H and O–H groups in total. The van der Waals surface area contributed by atoms with Crippen LogP contribution in [0.2, 0.25) is 0 Å². The highest BCUT2D eigenvalue weighted by Crippen LogP contribution is 2.39. The van der Waals surface area contributed by atoms with Gasteiger partial charge in [0.25, 0.3) is 0 Å². The van der Waals surface area contributed by atoms with Crippen LogP contribution in [0.5, 0.6) is 0 Å². The summed E-state index contributed by atoms with van der Waals surface area (Å²) in [5.74, 6) is -0.455. The van der Waals surface area contributed by atoms with Crippen molar-refractivity contribution in [3.8, 4) is 0 Å². The molecule has 0 aliphatic carbocycles. The van der Waals surface area contributed by atoms with Gasteiger partial charge in [-0.05, 0) is 17.6 Å². The van der Waals surface area contributed by atoms with Crippen LogP contribution in [0.4, 0.5) is 0 Å². The average Bonchev–Trinajstić information content (AvgIpc) is 2.46. The van der Waals surface area contributed by atoms with Gasteiger partial charge in [0, 0.05) is 11.8 Å². The Balaban J connectivity index is 2.42. The average molecular weight is 276 g/mol. The molecule has 1 aliphatic rings. The van der Waals surface area contributed by atoms with Crippen LogP contribution in [0.1, 0.15) is 25.3 Å². The number of aliphatic hydroxyl groups is 1. The van der Waals surface area contributed by atoms with Gasteiger partial charge in [0.15, 0.2) is 0 Å². The summed E-state index contributed by atoms with van der Waals surface area (Å²) >= 11 is 0. The van der Waals surface area contributed by atoms with Crippen molar-refractivity contribution in [2.45, 2.75) is 26.1 Å². The monoisotopic (exact) mass is 276 g/mol. The summed E-state index contributed by atoms with van der Waals surface area (Å²) in [6, 6.07) is 9.81. The third kappa shape index (κ3) is 2.85. The third-order valence-electron chi connectivity index (χ3n) is 3.66. The van der Waals surface area contributed by atoms with Crippen molar-refractivity contribution in [2.75, 3.05) is 7.11 Å². The summed E-state index contributed by atoms with van der Waals surface area (Å²) in [7, 11) is 1.30. The molecular formula is C16H20O4. The summed E-state index contributed by atoms with van der Waals surface area (Å²) in [4.78, 5) is 11.6. The molecule has 1 aromatic rings. The fourth-order valence-electron chi connectivity index (χ4n) is 2.65. The Morgan fingerprint density at radius 1 is 1.30 bits per heavy atom. The standard InChI is InChI=1S/C16H20O4/c1-10(2)14-12(11-7-5-4-6-8-11)9-13(15(17)19-3)20-16(14)18/h4-10,12,14,16,18H,1-3H3/t12-,14-,16?/m1/s1. The first kappa shape index (κ1) is 14.6. The van der Waals surface area contributed by atoms with Crippen LogP contribution in [0.3, 0.4) is 0 Å². The molecule has 4 heteroatoms. The number of hydrogen-bond donors (Lipinski definition) is 1. The van der Waals surface area contributed by atoms with Crippen LogP contribution in [0, 0.1) is 11.8 Å². The van der Waals surface area contributed by atoms with Gasteiger partial charge in [0.05, 0.1) is 7.11 Å². The van der Waals surface area contributed by atoms with Crippen molar-refractivity contribution >= 4 is 5.97 Å². The molecule has 1 aromatic carbocycles. The lowest BCUT2D eigenvalue weighted by atomic mass is 9.77. The van der Waals surface area contributed by atoms with E-state index >= 15 is 0 Å². The molecule has 0 saturated heterocycles. The second kappa shape index (κ2) is 6.09.